The summed E-state index contributed by atoms with van der Waals surface area (Å²) in [5.41, 5.74) is 0. The van der Waals surface area contributed by atoms with Gasteiger partial charge in [-0.3, -0.25) is 9.59 Å². The molecule has 0 rings (SSSR count). The van der Waals surface area contributed by atoms with Crippen LogP contribution in [0.2, 0.25) is 0 Å². The van der Waals surface area contributed by atoms with Crippen LogP contribution in [0.3, 0.4) is 0 Å². The molecular formula is C74H143NO5. The van der Waals surface area contributed by atoms with Crippen molar-refractivity contribution in [3.8, 4) is 0 Å². The van der Waals surface area contributed by atoms with Crippen molar-refractivity contribution in [1.29, 1.82) is 0 Å². The lowest BCUT2D eigenvalue weighted by Gasteiger charge is -2.20. The molecule has 0 fully saturated rings. The molecule has 6 heteroatoms. The van der Waals surface area contributed by atoms with Crippen LogP contribution in [0.1, 0.15) is 412 Å². The van der Waals surface area contributed by atoms with Crippen molar-refractivity contribution in [3.05, 3.63) is 24.3 Å². The Bertz CT molecular complexity index is 1250. The summed E-state index contributed by atoms with van der Waals surface area (Å²) in [6.45, 7) is 4.94. The fourth-order valence-corrected chi connectivity index (χ4v) is 11.6. The zero-order valence-electron chi connectivity index (χ0n) is 54.3. The highest BCUT2D eigenvalue weighted by Crippen LogP contribution is 2.19. The van der Waals surface area contributed by atoms with Crippen molar-refractivity contribution in [3.63, 3.8) is 0 Å². The van der Waals surface area contributed by atoms with E-state index in [0.29, 0.717) is 19.4 Å². The van der Waals surface area contributed by atoms with Gasteiger partial charge in [0, 0.05) is 12.8 Å². The summed E-state index contributed by atoms with van der Waals surface area (Å²) in [6, 6.07) is -0.627. The molecule has 0 saturated heterocycles. The number of carbonyl (C=O) groups excluding carboxylic acids is 2. The van der Waals surface area contributed by atoms with Crippen molar-refractivity contribution < 1.29 is 24.5 Å². The number of esters is 1. The summed E-state index contributed by atoms with van der Waals surface area (Å²) in [5, 5.41) is 23.3. The van der Waals surface area contributed by atoms with Gasteiger partial charge < -0.3 is 20.3 Å². The summed E-state index contributed by atoms with van der Waals surface area (Å²) in [4.78, 5) is 24.6. The second-order valence-corrected chi connectivity index (χ2v) is 25.3. The van der Waals surface area contributed by atoms with Gasteiger partial charge in [-0.15, -0.1) is 0 Å². The molecule has 0 aliphatic rings. The predicted octanol–water partition coefficient (Wildman–Crippen LogP) is 23.7. The molecule has 474 valence electrons. The van der Waals surface area contributed by atoms with Crippen LogP contribution >= 0.6 is 0 Å². The van der Waals surface area contributed by atoms with Gasteiger partial charge in [0.15, 0.2) is 0 Å². The van der Waals surface area contributed by atoms with Crippen LogP contribution in [0.25, 0.3) is 0 Å². The van der Waals surface area contributed by atoms with Crippen molar-refractivity contribution in [2.24, 2.45) is 0 Å². The Balaban J connectivity index is 3.38. The van der Waals surface area contributed by atoms with Gasteiger partial charge in [0.05, 0.1) is 25.4 Å². The lowest BCUT2D eigenvalue weighted by molar-refractivity contribution is -0.143. The third-order valence-electron chi connectivity index (χ3n) is 17.2. The third kappa shape index (κ3) is 65.5. The summed E-state index contributed by atoms with van der Waals surface area (Å²) in [6.07, 6.45) is 88.4. The average Bonchev–Trinajstić information content (AvgIpc) is 3.46. The normalized spacial score (nSPS) is 12.6. The number of nitrogens with one attached hydrogen (secondary N) is 1. The topological polar surface area (TPSA) is 95.9 Å². The smallest absolute Gasteiger partial charge is 0.305 e. The molecule has 0 aliphatic carbocycles. The first-order valence-electron chi connectivity index (χ1n) is 36.6. The van der Waals surface area contributed by atoms with E-state index in [1.165, 1.54) is 340 Å². The number of rotatable bonds is 69. The lowest BCUT2D eigenvalue weighted by atomic mass is 10.0. The van der Waals surface area contributed by atoms with Gasteiger partial charge in [-0.2, -0.15) is 0 Å². The Kier molecular flexibility index (Phi) is 68.4. The number of carbonyl (C=O) groups is 2. The molecule has 0 aliphatic heterocycles. The molecule has 80 heavy (non-hydrogen) atoms. The summed E-state index contributed by atoms with van der Waals surface area (Å²) >= 11 is 0. The van der Waals surface area contributed by atoms with Crippen molar-refractivity contribution in [2.75, 3.05) is 13.2 Å². The minimum atomic E-state index is -0.844. The molecule has 0 spiro atoms. The first-order chi connectivity index (χ1) is 39.5. The van der Waals surface area contributed by atoms with Crippen molar-refractivity contribution >= 4 is 11.9 Å². The number of ether oxygens (including phenoxy) is 1. The van der Waals surface area contributed by atoms with Crippen LogP contribution in [0.15, 0.2) is 24.3 Å². The molecule has 6 nitrogen and oxygen atoms in total. The molecule has 0 radical (unpaired) electrons. The number of aliphatic hydroxyl groups excluding tert-OH is 2. The van der Waals surface area contributed by atoms with Gasteiger partial charge in [-0.1, -0.05) is 366 Å². The quantitative estimate of drug-likeness (QED) is 0.0320. The molecule has 0 aromatic heterocycles. The maximum Gasteiger partial charge on any atom is 0.305 e. The summed E-state index contributed by atoms with van der Waals surface area (Å²) in [7, 11) is 0. The predicted molar refractivity (Wildman–Crippen MR) is 352 cm³/mol. The van der Waals surface area contributed by atoms with Gasteiger partial charge in [-0.05, 0) is 57.8 Å². The highest BCUT2D eigenvalue weighted by molar-refractivity contribution is 5.76. The van der Waals surface area contributed by atoms with Crippen molar-refractivity contribution in [1.82, 2.24) is 5.32 Å². The highest BCUT2D eigenvalue weighted by Gasteiger charge is 2.18. The second-order valence-electron chi connectivity index (χ2n) is 25.3. The van der Waals surface area contributed by atoms with E-state index in [0.717, 1.165) is 44.9 Å². The van der Waals surface area contributed by atoms with E-state index in [9.17, 15) is 19.8 Å². The Morgan fingerprint density at radius 2 is 0.588 bits per heavy atom. The largest absolute Gasteiger partial charge is 0.466 e. The number of amides is 1. The first-order valence-corrected chi connectivity index (χ1v) is 36.6. The van der Waals surface area contributed by atoms with Gasteiger partial charge in [0.2, 0.25) is 5.91 Å². The molecule has 3 N–H and O–H groups in total. The fraction of sp³-hybridized carbons (Fsp3) is 0.919. The van der Waals surface area contributed by atoms with Crippen LogP contribution < -0.4 is 5.32 Å². The molecule has 0 aromatic carbocycles. The molecular weight excluding hydrogens is 983 g/mol. The SMILES string of the molecule is CCCCCCCCC/C=C\CCCCCCCC(=O)OCCCCCCCCCCCCCCCCCCCCCCCCCCCCC(=O)NC(CO)C(O)/C=C/CCCCCCCCCCCCCCCCCCCCC. The maximum absolute atomic E-state index is 12.5. The van der Waals surface area contributed by atoms with Gasteiger partial charge in [0.1, 0.15) is 0 Å². The van der Waals surface area contributed by atoms with Crippen LogP contribution in [-0.4, -0.2) is 47.4 Å². The van der Waals surface area contributed by atoms with E-state index in [1.807, 2.05) is 6.08 Å². The van der Waals surface area contributed by atoms with Gasteiger partial charge >= 0.3 is 5.97 Å². The minimum absolute atomic E-state index is 0.0104. The monoisotopic (exact) mass is 1130 g/mol. The van der Waals surface area contributed by atoms with Crippen LogP contribution in [0, 0.1) is 0 Å². The van der Waals surface area contributed by atoms with Crippen LogP contribution in [0.4, 0.5) is 0 Å². The number of hydrogen-bond acceptors (Lipinski definition) is 5. The maximum atomic E-state index is 12.5. The van der Waals surface area contributed by atoms with Crippen molar-refractivity contribution in [2.45, 2.75) is 424 Å². The lowest BCUT2D eigenvalue weighted by Crippen LogP contribution is -2.45. The van der Waals surface area contributed by atoms with Gasteiger partial charge in [0.25, 0.3) is 0 Å². The molecule has 0 saturated carbocycles. The first kappa shape index (κ1) is 78.3. The standard InChI is InChI=1S/C74H143NO5/c1-3-5-7-9-11-13-15-17-19-21-22-29-32-35-38-42-46-50-54-58-62-66-72(77)71(70-76)75-73(78)67-63-59-55-51-47-43-39-36-33-30-27-25-23-24-26-28-31-34-37-41-45-49-53-57-61-65-69-80-74(79)68-64-60-56-52-48-44-40-20-18-16-14-12-10-8-6-4-2/h20,40,62,66,71-72,76-77H,3-19,21-39,41-61,63-65,67-70H2,1-2H3,(H,75,78)/b40-20-,66-62+. The Hall–Kier alpha value is -1.66. The average molecular weight is 1130 g/mol. The number of unbranched alkanes of at least 4 members (excludes halogenated alkanes) is 56. The van der Waals surface area contributed by atoms with Crippen LogP contribution in [0.5, 0.6) is 0 Å². The Labute approximate surface area is 501 Å². The molecule has 0 aromatic rings. The number of aliphatic hydroxyl groups is 2. The zero-order chi connectivity index (χ0) is 57.8. The minimum Gasteiger partial charge on any atom is -0.466 e. The summed E-state index contributed by atoms with van der Waals surface area (Å²) in [5.74, 6) is -0.0511. The van der Waals surface area contributed by atoms with E-state index in [-0.39, 0.29) is 18.5 Å². The number of allylic oxidation sites excluding steroid dienone is 3. The van der Waals surface area contributed by atoms with E-state index in [2.05, 4.69) is 31.3 Å². The molecule has 2 atom stereocenters. The molecule has 2 unspecified atom stereocenters. The van der Waals surface area contributed by atoms with E-state index in [1.54, 1.807) is 6.08 Å². The zero-order valence-corrected chi connectivity index (χ0v) is 54.3. The molecule has 0 heterocycles. The van der Waals surface area contributed by atoms with Crippen LogP contribution in [-0.2, 0) is 14.3 Å². The van der Waals surface area contributed by atoms with E-state index >= 15 is 0 Å². The van der Waals surface area contributed by atoms with E-state index < -0.39 is 12.1 Å². The Morgan fingerprint density at radius 1 is 0.338 bits per heavy atom. The highest BCUT2D eigenvalue weighted by atomic mass is 16.5. The summed E-state index contributed by atoms with van der Waals surface area (Å²) < 4.78 is 5.50. The number of hydrogen-bond donors (Lipinski definition) is 3. The molecule has 0 bridgehead atoms. The second kappa shape index (κ2) is 69.8. The third-order valence-corrected chi connectivity index (χ3v) is 17.2. The van der Waals surface area contributed by atoms with Gasteiger partial charge in [-0.25, -0.2) is 0 Å². The molecule has 1 amide bonds. The van der Waals surface area contributed by atoms with E-state index in [4.69, 9.17) is 4.74 Å². The fourth-order valence-electron chi connectivity index (χ4n) is 11.6. The Morgan fingerprint density at radius 3 is 0.887 bits per heavy atom.